The van der Waals surface area contributed by atoms with Gasteiger partial charge in [-0.05, 0) is 6.07 Å². The average Bonchev–Trinajstić information content (AvgIpc) is 2.64. The average molecular weight is 279 g/mol. The lowest BCUT2D eigenvalue weighted by atomic mass is 10.2. The summed E-state index contributed by atoms with van der Waals surface area (Å²) < 4.78 is 1.86. The fourth-order valence-electron chi connectivity index (χ4n) is 1.75. The van der Waals surface area contributed by atoms with Gasteiger partial charge in [0.2, 0.25) is 0 Å². The quantitative estimate of drug-likeness (QED) is 0.491. The van der Waals surface area contributed by atoms with E-state index in [4.69, 9.17) is 16.4 Å². The number of hydrogen-bond acceptors (Lipinski definition) is 3. The van der Waals surface area contributed by atoms with Crippen LogP contribution in [0.4, 0.5) is 0 Å². The summed E-state index contributed by atoms with van der Waals surface area (Å²) in [6.07, 6.45) is 1.48. The molecule has 0 spiro atoms. The van der Waals surface area contributed by atoms with Crippen molar-refractivity contribution in [2.24, 2.45) is 18.1 Å². The highest BCUT2D eigenvalue weighted by Gasteiger charge is 2.12. The molecule has 0 N–H and O–H groups in total. The number of halogens is 1. The number of hydrogen-bond donors (Lipinski definition) is 0. The Labute approximate surface area is 116 Å². The molecule has 0 amide bonds. The van der Waals surface area contributed by atoms with Crippen molar-refractivity contribution in [3.63, 3.8) is 0 Å². The van der Waals surface area contributed by atoms with E-state index in [9.17, 15) is 4.79 Å². The molecule has 1 aromatic carbocycles. The molecular weight excluding hydrogens is 264 g/mol. The van der Waals surface area contributed by atoms with E-state index >= 15 is 0 Å². The highest BCUT2D eigenvalue weighted by molar-refractivity contribution is 6.34. The number of carbonyl (C=O) groups excluding carboxylic acids is 1. The van der Waals surface area contributed by atoms with Crippen LogP contribution in [-0.4, -0.2) is 16.8 Å². The Morgan fingerprint density at radius 3 is 2.79 bits per heavy atom. The summed E-state index contributed by atoms with van der Waals surface area (Å²) in [5, 5.41) is 5.25. The first-order valence-corrected chi connectivity index (χ1v) is 6.37. The second kappa shape index (κ2) is 5.45. The van der Waals surface area contributed by atoms with E-state index < -0.39 is 0 Å². The number of benzene rings is 1. The molecule has 19 heavy (non-hydrogen) atoms. The largest absolute Gasteiger partial charge is 0.337 e. The van der Waals surface area contributed by atoms with Gasteiger partial charge in [0.05, 0.1) is 12.1 Å². The number of aromatic nitrogens is 1. The van der Waals surface area contributed by atoms with Crippen molar-refractivity contribution in [2.75, 3.05) is 0 Å². The maximum Gasteiger partial charge on any atom is 0.337 e. The minimum atomic E-state index is -0.368. The molecule has 1 heterocycles. The van der Waals surface area contributed by atoms with Gasteiger partial charge >= 0.3 is 5.97 Å². The van der Waals surface area contributed by atoms with Crippen LogP contribution in [0, 0.1) is 5.92 Å². The summed E-state index contributed by atoms with van der Waals surface area (Å²) in [6.45, 7) is 3.51. The van der Waals surface area contributed by atoms with Gasteiger partial charge in [-0.2, -0.15) is 0 Å². The zero-order valence-electron chi connectivity index (χ0n) is 11.1. The smallest absolute Gasteiger partial charge is 0.334 e. The van der Waals surface area contributed by atoms with Crippen molar-refractivity contribution < 1.29 is 9.63 Å². The van der Waals surface area contributed by atoms with Crippen LogP contribution in [-0.2, 0) is 16.7 Å². The summed E-state index contributed by atoms with van der Waals surface area (Å²) in [6, 6.07) is 7.79. The first kappa shape index (κ1) is 13.6. The summed E-state index contributed by atoms with van der Waals surface area (Å²) in [7, 11) is 1.88. The van der Waals surface area contributed by atoms with Gasteiger partial charge in [-0.25, -0.2) is 4.79 Å². The molecule has 100 valence electrons. The lowest BCUT2D eigenvalue weighted by molar-refractivity contribution is -0.147. The van der Waals surface area contributed by atoms with Crippen LogP contribution in [0.3, 0.4) is 0 Å². The molecule has 0 saturated carbocycles. The Morgan fingerprint density at radius 2 is 2.11 bits per heavy atom. The summed E-state index contributed by atoms with van der Waals surface area (Å²) in [5.41, 5.74) is 1.75. The second-order valence-corrected chi connectivity index (χ2v) is 4.94. The predicted molar refractivity (Wildman–Crippen MR) is 76.5 cm³/mol. The fraction of sp³-hybridized carbons (Fsp3) is 0.286. The van der Waals surface area contributed by atoms with Gasteiger partial charge in [0.25, 0.3) is 0 Å². The Bertz CT molecular complexity index is 644. The monoisotopic (exact) mass is 278 g/mol. The highest BCUT2D eigenvalue weighted by atomic mass is 35.5. The van der Waals surface area contributed by atoms with Crippen LogP contribution in [0.15, 0.2) is 29.4 Å². The molecular formula is C14H15ClN2O2. The SMILES string of the molecule is CC(C)C(=O)ON=Cc1c(Cl)n(C)c2ccccc12. The van der Waals surface area contributed by atoms with E-state index in [-0.39, 0.29) is 11.9 Å². The summed E-state index contributed by atoms with van der Waals surface area (Å²) in [5.74, 6) is -0.576. The van der Waals surface area contributed by atoms with Crippen LogP contribution < -0.4 is 0 Å². The molecule has 5 heteroatoms. The van der Waals surface area contributed by atoms with Crippen LogP contribution in [0.5, 0.6) is 0 Å². The van der Waals surface area contributed by atoms with E-state index in [1.54, 1.807) is 13.8 Å². The third-order valence-corrected chi connectivity index (χ3v) is 3.33. The van der Waals surface area contributed by atoms with Crippen LogP contribution in [0.25, 0.3) is 10.9 Å². The van der Waals surface area contributed by atoms with E-state index in [0.29, 0.717) is 5.15 Å². The van der Waals surface area contributed by atoms with E-state index in [2.05, 4.69) is 5.16 Å². The fourth-order valence-corrected chi connectivity index (χ4v) is 1.99. The summed E-state index contributed by atoms with van der Waals surface area (Å²) in [4.78, 5) is 16.1. The van der Waals surface area contributed by atoms with Crippen LogP contribution >= 0.6 is 11.6 Å². The Hall–Kier alpha value is -1.81. The maximum atomic E-state index is 11.3. The van der Waals surface area contributed by atoms with Crippen molar-refractivity contribution in [1.82, 2.24) is 4.57 Å². The molecule has 0 radical (unpaired) electrons. The third-order valence-electron chi connectivity index (χ3n) is 2.87. The Kier molecular flexibility index (Phi) is 3.90. The van der Waals surface area contributed by atoms with Crippen LogP contribution in [0.1, 0.15) is 19.4 Å². The third kappa shape index (κ3) is 2.63. The van der Waals surface area contributed by atoms with Crippen molar-refractivity contribution in [3.8, 4) is 0 Å². The van der Waals surface area contributed by atoms with Crippen molar-refractivity contribution in [3.05, 3.63) is 35.0 Å². The zero-order valence-corrected chi connectivity index (χ0v) is 11.8. The van der Waals surface area contributed by atoms with Gasteiger partial charge < -0.3 is 9.40 Å². The lowest BCUT2D eigenvalue weighted by Crippen LogP contribution is -2.08. The minimum Gasteiger partial charge on any atom is -0.334 e. The van der Waals surface area contributed by atoms with Crippen molar-refractivity contribution in [2.45, 2.75) is 13.8 Å². The molecule has 4 nitrogen and oxygen atoms in total. The molecule has 0 aliphatic rings. The molecule has 0 aliphatic carbocycles. The van der Waals surface area contributed by atoms with Gasteiger partial charge in [0, 0.05) is 23.5 Å². The first-order chi connectivity index (χ1) is 9.02. The van der Waals surface area contributed by atoms with E-state index in [1.807, 2.05) is 35.9 Å². The topological polar surface area (TPSA) is 43.6 Å². The van der Waals surface area contributed by atoms with Gasteiger partial charge in [-0.1, -0.05) is 48.8 Å². The molecule has 0 bridgehead atoms. The van der Waals surface area contributed by atoms with Gasteiger partial charge in [-0.3, -0.25) is 0 Å². The molecule has 0 saturated heterocycles. The Morgan fingerprint density at radius 1 is 1.42 bits per heavy atom. The molecule has 0 unspecified atom stereocenters. The maximum absolute atomic E-state index is 11.3. The molecule has 2 rings (SSSR count). The number of aryl methyl sites for hydroxylation is 1. The normalized spacial score (nSPS) is 11.6. The number of carbonyl (C=O) groups is 1. The predicted octanol–water partition coefficient (Wildman–Crippen LogP) is 3.36. The van der Waals surface area contributed by atoms with Crippen molar-refractivity contribution >= 4 is 34.7 Å². The van der Waals surface area contributed by atoms with E-state index in [1.165, 1.54) is 6.21 Å². The zero-order chi connectivity index (χ0) is 14.0. The number of oxime groups is 1. The minimum absolute atomic E-state index is 0.208. The second-order valence-electron chi connectivity index (χ2n) is 4.58. The molecule has 0 atom stereocenters. The number of para-hydroxylation sites is 1. The summed E-state index contributed by atoms with van der Waals surface area (Å²) >= 11 is 6.25. The lowest BCUT2D eigenvalue weighted by Gasteiger charge is -1.99. The van der Waals surface area contributed by atoms with Crippen molar-refractivity contribution in [1.29, 1.82) is 0 Å². The van der Waals surface area contributed by atoms with E-state index in [0.717, 1.165) is 16.5 Å². The number of fused-ring (bicyclic) bond motifs is 1. The molecule has 0 aliphatic heterocycles. The van der Waals surface area contributed by atoms with Crippen LogP contribution in [0.2, 0.25) is 5.15 Å². The van der Waals surface area contributed by atoms with Gasteiger partial charge in [0.1, 0.15) is 5.15 Å². The molecule has 2 aromatic rings. The first-order valence-electron chi connectivity index (χ1n) is 5.99. The molecule has 0 fully saturated rings. The van der Waals surface area contributed by atoms with Gasteiger partial charge in [-0.15, -0.1) is 0 Å². The number of rotatable bonds is 3. The highest BCUT2D eigenvalue weighted by Crippen LogP contribution is 2.27. The Balaban J connectivity index is 2.33. The number of nitrogens with zero attached hydrogens (tertiary/aromatic N) is 2. The van der Waals surface area contributed by atoms with Gasteiger partial charge in [0.15, 0.2) is 0 Å². The molecule has 1 aromatic heterocycles. The standard InChI is InChI=1S/C14H15ClN2O2/c1-9(2)14(18)19-16-8-11-10-6-4-5-7-12(10)17(3)13(11)15/h4-9H,1-3H3.